The van der Waals surface area contributed by atoms with Crippen LogP contribution in [0.3, 0.4) is 0 Å². The Morgan fingerprint density at radius 3 is 3.00 bits per heavy atom. The lowest BCUT2D eigenvalue weighted by Crippen LogP contribution is -2.14. The van der Waals surface area contributed by atoms with Gasteiger partial charge < -0.3 is 5.32 Å². The summed E-state index contributed by atoms with van der Waals surface area (Å²) in [4.78, 5) is 1.57. The Morgan fingerprint density at radius 2 is 2.27 bits per heavy atom. The molecule has 1 aliphatic rings. The summed E-state index contributed by atoms with van der Waals surface area (Å²) in [7, 11) is 0. The molecule has 1 aromatic rings. The van der Waals surface area contributed by atoms with E-state index in [1.165, 1.54) is 44.1 Å². The second-order valence-electron chi connectivity index (χ2n) is 4.53. The summed E-state index contributed by atoms with van der Waals surface area (Å²) in [6, 6.07) is 3.21. The van der Waals surface area contributed by atoms with Gasteiger partial charge in [-0.1, -0.05) is 19.8 Å². The van der Waals surface area contributed by atoms with Gasteiger partial charge in [-0.05, 0) is 42.7 Å². The summed E-state index contributed by atoms with van der Waals surface area (Å²) in [6.45, 7) is 3.34. The van der Waals surface area contributed by atoms with Gasteiger partial charge in [0.25, 0.3) is 0 Å². The van der Waals surface area contributed by atoms with Crippen LogP contribution in [-0.4, -0.2) is 6.04 Å². The number of hydrogen-bond acceptors (Lipinski definition) is 2. The van der Waals surface area contributed by atoms with Crippen LogP contribution in [0.1, 0.15) is 49.5 Å². The standard InChI is InChI=1S/C13H21NS/c1-2-3-4-5-13-8-11(10-15-13)9-14-12-6-7-12/h8,10,12,14H,2-7,9H2,1H3. The minimum atomic E-state index is 0.827. The van der Waals surface area contributed by atoms with Crippen LogP contribution in [0.2, 0.25) is 0 Å². The molecule has 1 heterocycles. The summed E-state index contributed by atoms with van der Waals surface area (Å²) >= 11 is 1.93. The van der Waals surface area contributed by atoms with Crippen molar-refractivity contribution in [1.82, 2.24) is 5.32 Å². The average Bonchev–Trinajstić information content (AvgIpc) is 2.97. The molecule has 0 bridgehead atoms. The SMILES string of the molecule is CCCCCc1cc(CNC2CC2)cs1. The molecule has 0 aromatic carbocycles. The maximum absolute atomic E-state index is 3.56. The van der Waals surface area contributed by atoms with Crippen molar-refractivity contribution >= 4 is 11.3 Å². The largest absolute Gasteiger partial charge is 0.310 e. The fraction of sp³-hybridized carbons (Fsp3) is 0.692. The van der Waals surface area contributed by atoms with Crippen molar-refractivity contribution in [3.8, 4) is 0 Å². The average molecular weight is 223 g/mol. The zero-order valence-electron chi connectivity index (χ0n) is 9.59. The van der Waals surface area contributed by atoms with Crippen LogP contribution < -0.4 is 5.32 Å². The first kappa shape index (κ1) is 11.2. The van der Waals surface area contributed by atoms with Gasteiger partial charge in [0.05, 0.1) is 0 Å². The van der Waals surface area contributed by atoms with Crippen molar-refractivity contribution in [2.24, 2.45) is 0 Å². The molecule has 1 fully saturated rings. The molecule has 0 unspecified atom stereocenters. The van der Waals surface area contributed by atoms with Gasteiger partial charge in [-0.3, -0.25) is 0 Å². The predicted molar refractivity (Wildman–Crippen MR) is 67.4 cm³/mol. The van der Waals surface area contributed by atoms with Crippen molar-refractivity contribution in [3.05, 3.63) is 21.9 Å². The smallest absolute Gasteiger partial charge is 0.0216 e. The zero-order valence-corrected chi connectivity index (χ0v) is 10.4. The molecule has 0 radical (unpaired) electrons. The number of aryl methyl sites for hydroxylation is 1. The number of rotatable bonds is 7. The Labute approximate surface area is 96.9 Å². The molecule has 1 saturated carbocycles. The molecular weight excluding hydrogens is 202 g/mol. The van der Waals surface area contributed by atoms with Crippen LogP contribution in [0.15, 0.2) is 11.4 Å². The molecule has 1 nitrogen and oxygen atoms in total. The van der Waals surface area contributed by atoms with E-state index in [0.29, 0.717) is 0 Å². The highest BCUT2D eigenvalue weighted by atomic mass is 32.1. The van der Waals surface area contributed by atoms with E-state index in [1.54, 1.807) is 4.88 Å². The molecule has 1 aliphatic carbocycles. The van der Waals surface area contributed by atoms with E-state index in [2.05, 4.69) is 23.7 Å². The van der Waals surface area contributed by atoms with Gasteiger partial charge in [0.2, 0.25) is 0 Å². The van der Waals surface area contributed by atoms with Gasteiger partial charge in [-0.15, -0.1) is 11.3 Å². The lowest BCUT2D eigenvalue weighted by Gasteiger charge is -1.98. The third-order valence-corrected chi connectivity index (χ3v) is 3.95. The van der Waals surface area contributed by atoms with E-state index in [-0.39, 0.29) is 0 Å². The van der Waals surface area contributed by atoms with Crippen molar-refractivity contribution in [2.45, 2.75) is 58.0 Å². The Bertz CT molecular complexity index is 288. The molecule has 0 atom stereocenters. The molecule has 2 rings (SSSR count). The van der Waals surface area contributed by atoms with Gasteiger partial charge in [0, 0.05) is 17.5 Å². The highest BCUT2D eigenvalue weighted by Crippen LogP contribution is 2.21. The number of thiophene rings is 1. The monoisotopic (exact) mass is 223 g/mol. The van der Waals surface area contributed by atoms with E-state index in [1.807, 2.05) is 11.3 Å². The second kappa shape index (κ2) is 5.66. The van der Waals surface area contributed by atoms with Gasteiger partial charge >= 0.3 is 0 Å². The van der Waals surface area contributed by atoms with Gasteiger partial charge in [0.15, 0.2) is 0 Å². The lowest BCUT2D eigenvalue weighted by atomic mass is 10.2. The van der Waals surface area contributed by atoms with Crippen molar-refractivity contribution < 1.29 is 0 Å². The molecule has 2 heteroatoms. The molecule has 84 valence electrons. The second-order valence-corrected chi connectivity index (χ2v) is 5.53. The first-order valence-electron chi connectivity index (χ1n) is 6.18. The highest BCUT2D eigenvalue weighted by molar-refractivity contribution is 7.10. The minimum absolute atomic E-state index is 0.827. The predicted octanol–water partition coefficient (Wildman–Crippen LogP) is 3.73. The maximum Gasteiger partial charge on any atom is 0.0216 e. The topological polar surface area (TPSA) is 12.0 Å². The normalized spacial score (nSPS) is 15.8. The first-order chi connectivity index (χ1) is 7.38. The molecule has 1 aromatic heterocycles. The Balaban J connectivity index is 1.70. The quantitative estimate of drug-likeness (QED) is 0.694. The third-order valence-electron chi connectivity index (χ3n) is 2.91. The number of hydrogen-bond donors (Lipinski definition) is 1. The Morgan fingerprint density at radius 1 is 1.40 bits per heavy atom. The number of unbranched alkanes of at least 4 members (excludes halogenated alkanes) is 2. The fourth-order valence-electron chi connectivity index (χ4n) is 1.75. The molecule has 1 N–H and O–H groups in total. The lowest BCUT2D eigenvalue weighted by molar-refractivity contribution is 0.688. The van der Waals surface area contributed by atoms with E-state index in [9.17, 15) is 0 Å². The number of nitrogens with one attached hydrogen (secondary N) is 1. The van der Waals surface area contributed by atoms with Crippen LogP contribution in [0.25, 0.3) is 0 Å². The van der Waals surface area contributed by atoms with Crippen molar-refractivity contribution in [2.75, 3.05) is 0 Å². The third kappa shape index (κ3) is 3.96. The maximum atomic E-state index is 3.56. The molecule has 0 spiro atoms. The van der Waals surface area contributed by atoms with Gasteiger partial charge in [0.1, 0.15) is 0 Å². The molecule has 0 saturated heterocycles. The van der Waals surface area contributed by atoms with Crippen LogP contribution in [0.5, 0.6) is 0 Å². The van der Waals surface area contributed by atoms with Crippen LogP contribution in [-0.2, 0) is 13.0 Å². The summed E-state index contributed by atoms with van der Waals surface area (Å²) in [5.41, 5.74) is 1.48. The van der Waals surface area contributed by atoms with E-state index in [0.717, 1.165) is 12.6 Å². The van der Waals surface area contributed by atoms with Gasteiger partial charge in [-0.2, -0.15) is 0 Å². The fourth-order valence-corrected chi connectivity index (χ4v) is 2.68. The van der Waals surface area contributed by atoms with Crippen molar-refractivity contribution in [3.63, 3.8) is 0 Å². The van der Waals surface area contributed by atoms with Crippen LogP contribution >= 0.6 is 11.3 Å². The summed E-state index contributed by atoms with van der Waals surface area (Å²) in [6.07, 6.45) is 8.09. The van der Waals surface area contributed by atoms with Gasteiger partial charge in [-0.25, -0.2) is 0 Å². The summed E-state index contributed by atoms with van der Waals surface area (Å²) in [5.74, 6) is 0. The molecule has 0 amide bonds. The van der Waals surface area contributed by atoms with E-state index in [4.69, 9.17) is 0 Å². The summed E-state index contributed by atoms with van der Waals surface area (Å²) in [5, 5.41) is 5.88. The van der Waals surface area contributed by atoms with Crippen LogP contribution in [0, 0.1) is 0 Å². The highest BCUT2D eigenvalue weighted by Gasteiger charge is 2.19. The Kier molecular flexibility index (Phi) is 4.21. The minimum Gasteiger partial charge on any atom is -0.310 e. The van der Waals surface area contributed by atoms with E-state index < -0.39 is 0 Å². The molecular formula is C13H21NS. The van der Waals surface area contributed by atoms with E-state index >= 15 is 0 Å². The van der Waals surface area contributed by atoms with Crippen LogP contribution in [0.4, 0.5) is 0 Å². The molecule has 0 aliphatic heterocycles. The Hall–Kier alpha value is -0.340. The van der Waals surface area contributed by atoms with Crippen molar-refractivity contribution in [1.29, 1.82) is 0 Å². The molecule has 15 heavy (non-hydrogen) atoms. The first-order valence-corrected chi connectivity index (χ1v) is 7.06. The summed E-state index contributed by atoms with van der Waals surface area (Å²) < 4.78 is 0. The zero-order chi connectivity index (χ0) is 10.5.